The molecule has 0 aliphatic heterocycles. The smallest absolute Gasteiger partial charge is 0.119 e. The van der Waals surface area contributed by atoms with Crippen LogP contribution in [0.1, 0.15) is 23.1 Å². The van der Waals surface area contributed by atoms with Gasteiger partial charge in [-0.25, -0.2) is 0 Å². The highest BCUT2D eigenvalue weighted by molar-refractivity contribution is 9.10. The van der Waals surface area contributed by atoms with Crippen molar-refractivity contribution >= 4 is 15.9 Å². The van der Waals surface area contributed by atoms with Crippen LogP contribution in [0.15, 0.2) is 10.5 Å². The van der Waals surface area contributed by atoms with Gasteiger partial charge in [0.25, 0.3) is 0 Å². The minimum Gasteiger partial charge on any atom is -0.508 e. The van der Waals surface area contributed by atoms with Gasteiger partial charge in [-0.05, 0) is 56.0 Å². The Morgan fingerprint density at radius 3 is 2.64 bits per heavy atom. The lowest BCUT2D eigenvalue weighted by atomic mass is 10.0. The van der Waals surface area contributed by atoms with Gasteiger partial charge in [0.15, 0.2) is 0 Å². The van der Waals surface area contributed by atoms with Gasteiger partial charge in [0, 0.05) is 4.47 Å². The van der Waals surface area contributed by atoms with E-state index in [-0.39, 0.29) is 0 Å². The normalized spacial score (nSPS) is 10.6. The maximum absolute atomic E-state index is 9.76. The first kappa shape index (κ1) is 11.5. The fourth-order valence-corrected chi connectivity index (χ4v) is 1.92. The molecule has 1 rings (SSSR count). The van der Waals surface area contributed by atoms with E-state index in [2.05, 4.69) is 15.9 Å². The average molecular weight is 258 g/mol. The molecule has 3 heteroatoms. The highest BCUT2D eigenvalue weighted by Gasteiger charge is 2.10. The molecule has 0 amide bonds. The monoisotopic (exact) mass is 257 g/mol. The summed E-state index contributed by atoms with van der Waals surface area (Å²) >= 11 is 3.51. The van der Waals surface area contributed by atoms with Crippen LogP contribution in [-0.4, -0.2) is 11.7 Å². The van der Waals surface area contributed by atoms with E-state index in [0.29, 0.717) is 12.3 Å². The Hall–Kier alpha value is -0.540. The van der Waals surface area contributed by atoms with Gasteiger partial charge < -0.3 is 10.8 Å². The van der Waals surface area contributed by atoms with E-state index < -0.39 is 0 Å². The Bertz CT molecular complexity index is 337. The molecule has 0 aromatic heterocycles. The van der Waals surface area contributed by atoms with Crippen LogP contribution in [0.4, 0.5) is 0 Å². The zero-order valence-corrected chi connectivity index (χ0v) is 10.2. The minimum atomic E-state index is 0.386. The minimum absolute atomic E-state index is 0.386. The van der Waals surface area contributed by atoms with Gasteiger partial charge in [-0.2, -0.15) is 0 Å². The summed E-state index contributed by atoms with van der Waals surface area (Å²) < 4.78 is 1.09. The molecule has 0 bridgehead atoms. The van der Waals surface area contributed by atoms with Crippen LogP contribution in [0.25, 0.3) is 0 Å². The van der Waals surface area contributed by atoms with Crippen molar-refractivity contribution in [1.82, 2.24) is 0 Å². The topological polar surface area (TPSA) is 46.2 Å². The molecule has 0 unspecified atom stereocenters. The first-order chi connectivity index (χ1) is 6.57. The number of hydrogen-bond acceptors (Lipinski definition) is 2. The molecule has 0 aliphatic rings. The van der Waals surface area contributed by atoms with Gasteiger partial charge >= 0.3 is 0 Å². The number of nitrogens with two attached hydrogens (primary N) is 1. The van der Waals surface area contributed by atoms with E-state index in [1.807, 2.05) is 13.8 Å². The molecule has 0 saturated heterocycles. The second kappa shape index (κ2) is 4.80. The van der Waals surface area contributed by atoms with Crippen LogP contribution in [0.3, 0.4) is 0 Å². The standard InChI is InChI=1S/C11H16BrNO/c1-7-6-10(14)9(4-3-5-13)8(2)11(7)12/h6,14H,3-5,13H2,1-2H3. The van der Waals surface area contributed by atoms with Gasteiger partial charge in [0.05, 0.1) is 0 Å². The summed E-state index contributed by atoms with van der Waals surface area (Å²) in [6.07, 6.45) is 1.75. The van der Waals surface area contributed by atoms with Crippen molar-refractivity contribution in [2.45, 2.75) is 26.7 Å². The molecule has 0 fully saturated rings. The molecule has 0 heterocycles. The third kappa shape index (κ3) is 2.28. The van der Waals surface area contributed by atoms with Crippen LogP contribution in [-0.2, 0) is 6.42 Å². The predicted octanol–water partition coefficient (Wildman–Crippen LogP) is 2.66. The van der Waals surface area contributed by atoms with Crippen molar-refractivity contribution in [1.29, 1.82) is 0 Å². The second-order valence-corrected chi connectivity index (χ2v) is 4.32. The number of hydrogen-bond donors (Lipinski definition) is 2. The number of phenols is 1. The van der Waals surface area contributed by atoms with Crippen molar-refractivity contribution in [2.75, 3.05) is 6.54 Å². The lowest BCUT2D eigenvalue weighted by molar-refractivity contribution is 0.466. The predicted molar refractivity (Wildman–Crippen MR) is 62.7 cm³/mol. The van der Waals surface area contributed by atoms with E-state index >= 15 is 0 Å². The Morgan fingerprint density at radius 1 is 1.43 bits per heavy atom. The third-order valence-electron chi connectivity index (χ3n) is 2.42. The summed E-state index contributed by atoms with van der Waals surface area (Å²) in [6.45, 7) is 4.65. The molecule has 0 saturated carbocycles. The lowest BCUT2D eigenvalue weighted by Crippen LogP contribution is -2.02. The first-order valence-electron chi connectivity index (χ1n) is 4.75. The zero-order chi connectivity index (χ0) is 10.7. The largest absolute Gasteiger partial charge is 0.508 e. The molecule has 1 aromatic carbocycles. The van der Waals surface area contributed by atoms with Crippen LogP contribution in [0, 0.1) is 13.8 Å². The molecule has 78 valence electrons. The van der Waals surface area contributed by atoms with Gasteiger partial charge in [-0.1, -0.05) is 15.9 Å². The average Bonchev–Trinajstić information content (AvgIpc) is 2.14. The molecule has 0 radical (unpaired) electrons. The highest BCUT2D eigenvalue weighted by atomic mass is 79.9. The van der Waals surface area contributed by atoms with Crippen molar-refractivity contribution in [2.24, 2.45) is 5.73 Å². The number of halogens is 1. The fraction of sp³-hybridized carbons (Fsp3) is 0.455. The SMILES string of the molecule is Cc1cc(O)c(CCCN)c(C)c1Br. The molecule has 0 atom stereocenters. The van der Waals surface area contributed by atoms with Crippen LogP contribution in [0.2, 0.25) is 0 Å². The van der Waals surface area contributed by atoms with Gasteiger partial charge in [-0.3, -0.25) is 0 Å². The van der Waals surface area contributed by atoms with Gasteiger partial charge in [0.2, 0.25) is 0 Å². The first-order valence-corrected chi connectivity index (χ1v) is 5.54. The van der Waals surface area contributed by atoms with E-state index in [9.17, 15) is 5.11 Å². The van der Waals surface area contributed by atoms with Crippen molar-refractivity contribution in [3.8, 4) is 5.75 Å². The van der Waals surface area contributed by atoms with Crippen molar-refractivity contribution in [3.05, 3.63) is 27.2 Å². The summed E-state index contributed by atoms with van der Waals surface area (Å²) in [7, 11) is 0. The second-order valence-electron chi connectivity index (χ2n) is 3.52. The Labute approximate surface area is 93.3 Å². The molecule has 14 heavy (non-hydrogen) atoms. The molecule has 0 aliphatic carbocycles. The summed E-state index contributed by atoms with van der Waals surface area (Å²) in [5.41, 5.74) is 8.65. The van der Waals surface area contributed by atoms with Crippen LogP contribution in [0.5, 0.6) is 5.75 Å². The molecular formula is C11H16BrNO. The quantitative estimate of drug-likeness (QED) is 0.875. The number of aromatic hydroxyl groups is 1. The summed E-state index contributed by atoms with van der Waals surface area (Å²) in [5.74, 6) is 0.386. The maximum atomic E-state index is 9.76. The fourth-order valence-electron chi connectivity index (χ4n) is 1.57. The van der Waals surface area contributed by atoms with E-state index in [4.69, 9.17) is 5.73 Å². The Balaban J connectivity index is 3.09. The molecule has 0 spiro atoms. The molecule has 1 aromatic rings. The summed E-state index contributed by atoms with van der Waals surface area (Å²) in [4.78, 5) is 0. The lowest BCUT2D eigenvalue weighted by Gasteiger charge is -2.12. The Morgan fingerprint density at radius 2 is 2.07 bits per heavy atom. The summed E-state index contributed by atoms with van der Waals surface area (Å²) in [6, 6.07) is 1.79. The molecule has 2 nitrogen and oxygen atoms in total. The van der Waals surface area contributed by atoms with E-state index in [1.54, 1.807) is 6.07 Å². The molecule has 3 N–H and O–H groups in total. The number of phenolic OH excluding ortho intramolecular Hbond substituents is 1. The maximum Gasteiger partial charge on any atom is 0.119 e. The van der Waals surface area contributed by atoms with Crippen LogP contribution >= 0.6 is 15.9 Å². The Kier molecular flexibility index (Phi) is 3.96. The zero-order valence-electron chi connectivity index (χ0n) is 8.60. The summed E-state index contributed by atoms with van der Waals surface area (Å²) in [5, 5.41) is 9.76. The molecular weight excluding hydrogens is 242 g/mol. The number of aryl methyl sites for hydroxylation is 1. The van der Waals surface area contributed by atoms with Crippen LogP contribution < -0.4 is 5.73 Å². The third-order valence-corrected chi connectivity index (χ3v) is 3.64. The number of benzene rings is 1. The van der Waals surface area contributed by atoms with E-state index in [0.717, 1.165) is 34.0 Å². The van der Waals surface area contributed by atoms with Gasteiger partial charge in [0.1, 0.15) is 5.75 Å². The highest BCUT2D eigenvalue weighted by Crippen LogP contribution is 2.31. The van der Waals surface area contributed by atoms with Crippen molar-refractivity contribution in [3.63, 3.8) is 0 Å². The number of rotatable bonds is 3. The van der Waals surface area contributed by atoms with E-state index in [1.165, 1.54) is 0 Å². The van der Waals surface area contributed by atoms with Crippen molar-refractivity contribution < 1.29 is 5.11 Å². The van der Waals surface area contributed by atoms with Gasteiger partial charge in [-0.15, -0.1) is 0 Å².